The molecule has 1 heterocycles. The number of phenols is 1. The van der Waals surface area contributed by atoms with E-state index < -0.39 is 4.92 Å². The second kappa shape index (κ2) is 6.23. The Morgan fingerprint density at radius 1 is 1.25 bits per heavy atom. The normalized spacial score (nSPS) is 15.5. The predicted molar refractivity (Wildman–Crippen MR) is 73.8 cm³/mol. The van der Waals surface area contributed by atoms with Gasteiger partial charge in [0.2, 0.25) is 0 Å². The zero-order valence-corrected chi connectivity index (χ0v) is 11.0. The molecule has 0 radical (unpaired) electrons. The van der Waals surface area contributed by atoms with E-state index in [1.165, 1.54) is 12.1 Å². The van der Waals surface area contributed by atoms with Crippen LogP contribution in [0, 0.1) is 10.1 Å². The molecule has 1 aliphatic heterocycles. The minimum absolute atomic E-state index is 0.185. The summed E-state index contributed by atoms with van der Waals surface area (Å²) in [6.45, 7) is 1.39. The number of hydrogen-bond acceptors (Lipinski definition) is 4. The van der Waals surface area contributed by atoms with Crippen LogP contribution in [0.15, 0.2) is 18.2 Å². The Hall–Kier alpha value is -2.31. The highest BCUT2D eigenvalue weighted by Crippen LogP contribution is 2.28. The minimum Gasteiger partial charge on any atom is -0.506 e. The molecule has 1 saturated heterocycles. The van der Waals surface area contributed by atoms with E-state index in [2.05, 4.69) is 5.32 Å². The van der Waals surface area contributed by atoms with Crippen LogP contribution in [0.5, 0.6) is 5.75 Å². The molecule has 7 nitrogen and oxygen atoms in total. The van der Waals surface area contributed by atoms with Gasteiger partial charge in [0.05, 0.1) is 16.7 Å². The Kier molecular flexibility index (Phi) is 4.39. The van der Waals surface area contributed by atoms with Gasteiger partial charge in [0.25, 0.3) is 5.69 Å². The molecule has 2 amide bonds. The van der Waals surface area contributed by atoms with Crippen LogP contribution in [0.25, 0.3) is 0 Å². The number of hydrogen-bond donors (Lipinski definition) is 2. The lowest BCUT2D eigenvalue weighted by atomic mass is 10.2. The second-order valence-electron chi connectivity index (χ2n) is 4.79. The summed E-state index contributed by atoms with van der Waals surface area (Å²) < 4.78 is 0. The van der Waals surface area contributed by atoms with Crippen LogP contribution in [0.2, 0.25) is 0 Å². The molecule has 0 unspecified atom stereocenters. The fourth-order valence-corrected chi connectivity index (χ4v) is 2.21. The molecular weight excluding hydrogens is 262 g/mol. The first-order chi connectivity index (χ1) is 9.58. The zero-order chi connectivity index (χ0) is 14.5. The van der Waals surface area contributed by atoms with Gasteiger partial charge in [-0.15, -0.1) is 0 Å². The highest BCUT2D eigenvalue weighted by molar-refractivity contribution is 5.91. The van der Waals surface area contributed by atoms with Crippen molar-refractivity contribution in [3.8, 4) is 5.75 Å². The van der Waals surface area contributed by atoms with Gasteiger partial charge in [0.1, 0.15) is 5.75 Å². The maximum atomic E-state index is 12.1. The Morgan fingerprint density at radius 2 is 1.90 bits per heavy atom. The van der Waals surface area contributed by atoms with Gasteiger partial charge in [-0.3, -0.25) is 10.1 Å². The molecule has 0 aliphatic carbocycles. The zero-order valence-electron chi connectivity index (χ0n) is 11.0. The molecule has 2 N–H and O–H groups in total. The second-order valence-corrected chi connectivity index (χ2v) is 4.79. The summed E-state index contributed by atoms with van der Waals surface area (Å²) >= 11 is 0. The number of nitrogens with zero attached hydrogens (tertiary/aromatic N) is 2. The summed E-state index contributed by atoms with van der Waals surface area (Å²) in [6, 6.07) is 3.33. The van der Waals surface area contributed by atoms with Crippen LogP contribution in [0.4, 0.5) is 16.2 Å². The molecule has 2 rings (SSSR count). The van der Waals surface area contributed by atoms with Crippen LogP contribution in [-0.2, 0) is 0 Å². The molecule has 7 heteroatoms. The summed E-state index contributed by atoms with van der Waals surface area (Å²) in [5.41, 5.74) is -0.0277. The number of nitro benzene ring substituents is 1. The van der Waals surface area contributed by atoms with Crippen LogP contribution < -0.4 is 5.32 Å². The number of carbonyl (C=O) groups is 1. The van der Waals surface area contributed by atoms with Gasteiger partial charge in [-0.25, -0.2) is 4.79 Å². The number of likely N-dealkylation sites (tertiary alicyclic amines) is 1. The van der Waals surface area contributed by atoms with Crippen LogP contribution in [-0.4, -0.2) is 34.1 Å². The molecule has 0 atom stereocenters. The topological polar surface area (TPSA) is 95.7 Å². The predicted octanol–water partition coefficient (Wildman–Crippen LogP) is 2.71. The molecule has 108 valence electrons. The third kappa shape index (κ3) is 3.37. The molecule has 0 aromatic heterocycles. The van der Waals surface area contributed by atoms with Gasteiger partial charge in [0.15, 0.2) is 0 Å². The monoisotopic (exact) mass is 279 g/mol. The van der Waals surface area contributed by atoms with Gasteiger partial charge < -0.3 is 15.3 Å². The maximum absolute atomic E-state index is 12.1. The molecule has 1 aromatic carbocycles. The van der Waals surface area contributed by atoms with E-state index in [9.17, 15) is 20.0 Å². The van der Waals surface area contributed by atoms with E-state index >= 15 is 0 Å². The lowest BCUT2D eigenvalue weighted by Crippen LogP contribution is -2.35. The molecule has 1 aliphatic rings. The summed E-state index contributed by atoms with van der Waals surface area (Å²) in [6.07, 6.45) is 4.18. The Labute approximate surface area is 116 Å². The van der Waals surface area contributed by atoms with Crippen molar-refractivity contribution in [1.82, 2.24) is 4.90 Å². The van der Waals surface area contributed by atoms with Crippen LogP contribution >= 0.6 is 0 Å². The van der Waals surface area contributed by atoms with Crippen molar-refractivity contribution >= 4 is 17.4 Å². The summed E-state index contributed by atoms with van der Waals surface area (Å²) in [7, 11) is 0. The van der Waals surface area contributed by atoms with Gasteiger partial charge in [-0.1, -0.05) is 12.8 Å². The van der Waals surface area contributed by atoms with Crippen molar-refractivity contribution in [3.05, 3.63) is 28.3 Å². The highest BCUT2D eigenvalue weighted by atomic mass is 16.6. The summed E-state index contributed by atoms with van der Waals surface area (Å²) in [4.78, 5) is 23.7. The SMILES string of the molecule is O=C(Nc1ccc([N+](=O)[O-])cc1O)N1CCCCCC1. The van der Waals surface area contributed by atoms with Crippen LogP contribution in [0.1, 0.15) is 25.7 Å². The number of benzene rings is 1. The van der Waals surface area contributed by atoms with Gasteiger partial charge in [-0.05, 0) is 18.9 Å². The van der Waals surface area contributed by atoms with E-state index in [0.717, 1.165) is 31.7 Å². The molecule has 0 spiro atoms. The summed E-state index contributed by atoms with van der Waals surface area (Å²) in [5.74, 6) is -0.303. The quantitative estimate of drug-likeness (QED) is 0.494. The lowest BCUT2D eigenvalue weighted by Gasteiger charge is -2.21. The van der Waals surface area contributed by atoms with E-state index in [1.54, 1.807) is 4.90 Å². The van der Waals surface area contributed by atoms with Crippen molar-refractivity contribution in [2.75, 3.05) is 18.4 Å². The molecule has 1 fully saturated rings. The Morgan fingerprint density at radius 3 is 2.45 bits per heavy atom. The third-order valence-electron chi connectivity index (χ3n) is 3.33. The average molecular weight is 279 g/mol. The molecular formula is C13H17N3O4. The van der Waals surface area contributed by atoms with Crippen molar-refractivity contribution < 1.29 is 14.8 Å². The molecule has 1 aromatic rings. The fourth-order valence-electron chi connectivity index (χ4n) is 2.21. The van der Waals surface area contributed by atoms with E-state index in [-0.39, 0.29) is 23.2 Å². The number of nitrogens with one attached hydrogen (secondary N) is 1. The average Bonchev–Trinajstić information content (AvgIpc) is 2.69. The van der Waals surface area contributed by atoms with Crippen molar-refractivity contribution in [2.45, 2.75) is 25.7 Å². The van der Waals surface area contributed by atoms with Gasteiger partial charge in [0, 0.05) is 19.2 Å². The standard InChI is InChI=1S/C13H17N3O4/c17-12-9-10(16(19)20)5-6-11(12)14-13(18)15-7-3-1-2-4-8-15/h5-6,9,17H,1-4,7-8H2,(H,14,18). The summed E-state index contributed by atoms with van der Waals surface area (Å²) in [5, 5.41) is 22.9. The van der Waals surface area contributed by atoms with Gasteiger partial charge >= 0.3 is 6.03 Å². The number of aromatic hydroxyl groups is 1. The molecule has 0 bridgehead atoms. The van der Waals surface area contributed by atoms with E-state index in [4.69, 9.17) is 0 Å². The number of non-ortho nitro benzene ring substituents is 1. The number of amides is 2. The molecule has 0 saturated carbocycles. The lowest BCUT2D eigenvalue weighted by molar-refractivity contribution is -0.384. The first-order valence-electron chi connectivity index (χ1n) is 6.61. The Balaban J connectivity index is 2.05. The first kappa shape index (κ1) is 14.1. The first-order valence-corrected chi connectivity index (χ1v) is 6.61. The number of urea groups is 1. The van der Waals surface area contributed by atoms with Crippen molar-refractivity contribution in [1.29, 1.82) is 0 Å². The third-order valence-corrected chi connectivity index (χ3v) is 3.33. The number of rotatable bonds is 2. The van der Waals surface area contributed by atoms with E-state index in [1.807, 2.05) is 0 Å². The van der Waals surface area contributed by atoms with Gasteiger partial charge in [-0.2, -0.15) is 0 Å². The van der Waals surface area contributed by atoms with Crippen molar-refractivity contribution in [2.24, 2.45) is 0 Å². The largest absolute Gasteiger partial charge is 0.506 e. The Bertz CT molecular complexity index is 510. The highest BCUT2D eigenvalue weighted by Gasteiger charge is 2.17. The fraction of sp³-hybridized carbons (Fsp3) is 0.462. The number of nitro groups is 1. The smallest absolute Gasteiger partial charge is 0.321 e. The molecule has 20 heavy (non-hydrogen) atoms. The number of anilines is 1. The minimum atomic E-state index is -0.597. The van der Waals surface area contributed by atoms with E-state index in [0.29, 0.717) is 13.1 Å². The number of carbonyl (C=O) groups excluding carboxylic acids is 1. The number of phenolic OH excluding ortho intramolecular Hbond substituents is 1. The van der Waals surface area contributed by atoms with Crippen LogP contribution in [0.3, 0.4) is 0 Å². The maximum Gasteiger partial charge on any atom is 0.321 e. The van der Waals surface area contributed by atoms with Crippen molar-refractivity contribution in [3.63, 3.8) is 0 Å².